The summed E-state index contributed by atoms with van der Waals surface area (Å²) < 4.78 is 30.3. The Hall–Kier alpha value is -3.07. The first-order chi connectivity index (χ1) is 16.1. The number of rotatable bonds is 11. The molecule has 2 aromatic rings. The van der Waals surface area contributed by atoms with Crippen LogP contribution in [0.1, 0.15) is 51.0 Å². The molecule has 0 aliphatic heterocycles. The summed E-state index contributed by atoms with van der Waals surface area (Å²) >= 11 is 5.94. The number of amides is 1. The second-order valence-corrected chi connectivity index (χ2v) is 8.25. The highest BCUT2D eigenvalue weighted by molar-refractivity contribution is 6.30. The van der Waals surface area contributed by atoms with Crippen LogP contribution in [-0.4, -0.2) is 47.3 Å². The Kier molecular flexibility index (Phi) is 9.92. The van der Waals surface area contributed by atoms with E-state index in [0.29, 0.717) is 0 Å². The van der Waals surface area contributed by atoms with E-state index in [0.717, 1.165) is 12.8 Å². The number of ether oxygens (including phenoxy) is 3. The molecule has 0 fully saturated rings. The van der Waals surface area contributed by atoms with Gasteiger partial charge in [0.1, 0.15) is 29.8 Å². The number of aromatic hydroxyl groups is 1. The van der Waals surface area contributed by atoms with Gasteiger partial charge >= 0.3 is 5.97 Å². The molecule has 0 spiro atoms. The largest absolute Gasteiger partial charge is 0.503 e. The minimum absolute atomic E-state index is 0.00710. The molecule has 2 rings (SSSR count). The summed E-state index contributed by atoms with van der Waals surface area (Å²) in [5.41, 5.74) is -0.284. The fourth-order valence-electron chi connectivity index (χ4n) is 3.53. The predicted molar refractivity (Wildman–Crippen MR) is 125 cm³/mol. The number of nitrogens with zero attached hydrogens (tertiary/aromatic N) is 1. The fraction of sp³-hybridized carbons (Fsp3) is 0.458. The summed E-state index contributed by atoms with van der Waals surface area (Å²) in [6, 6.07) is 4.23. The third-order valence-corrected chi connectivity index (χ3v) is 5.63. The van der Waals surface area contributed by atoms with Crippen molar-refractivity contribution in [2.24, 2.45) is 5.92 Å². The van der Waals surface area contributed by atoms with Crippen LogP contribution in [0.5, 0.6) is 17.2 Å². The Bertz CT molecular complexity index is 981. The first-order valence-corrected chi connectivity index (χ1v) is 11.3. The van der Waals surface area contributed by atoms with Crippen molar-refractivity contribution < 1.29 is 33.3 Å². The van der Waals surface area contributed by atoms with Crippen molar-refractivity contribution in [3.63, 3.8) is 0 Å². The van der Waals surface area contributed by atoms with Crippen molar-refractivity contribution in [2.45, 2.75) is 58.8 Å². The van der Waals surface area contributed by atoms with E-state index in [1.54, 1.807) is 6.92 Å². The molecule has 10 heteroatoms. The molecule has 0 aliphatic rings. The van der Waals surface area contributed by atoms with E-state index in [9.17, 15) is 19.1 Å². The van der Waals surface area contributed by atoms with Crippen LogP contribution < -0.4 is 14.8 Å². The highest BCUT2D eigenvalue weighted by Crippen LogP contribution is 2.28. The molecule has 1 heterocycles. The Morgan fingerprint density at radius 1 is 1.21 bits per heavy atom. The van der Waals surface area contributed by atoms with Gasteiger partial charge in [0.25, 0.3) is 5.91 Å². The van der Waals surface area contributed by atoms with Crippen molar-refractivity contribution in [1.29, 1.82) is 0 Å². The Morgan fingerprint density at radius 2 is 1.88 bits per heavy atom. The molecule has 2 N–H and O–H groups in total. The number of methoxy groups -OCH3 is 1. The molecular weight excluding hydrogens is 467 g/mol. The molecule has 1 aromatic carbocycles. The lowest BCUT2D eigenvalue weighted by Gasteiger charge is -2.31. The van der Waals surface area contributed by atoms with Gasteiger partial charge in [0.15, 0.2) is 17.2 Å². The van der Waals surface area contributed by atoms with Gasteiger partial charge in [-0.3, -0.25) is 4.79 Å². The average Bonchev–Trinajstić information content (AvgIpc) is 2.78. The zero-order valence-electron chi connectivity index (χ0n) is 19.8. The van der Waals surface area contributed by atoms with Crippen molar-refractivity contribution in [1.82, 2.24) is 10.3 Å². The van der Waals surface area contributed by atoms with Crippen LogP contribution in [0, 0.1) is 11.7 Å². The van der Waals surface area contributed by atoms with Crippen molar-refractivity contribution in [3.05, 3.63) is 47.0 Å². The zero-order chi connectivity index (χ0) is 25.4. The molecule has 0 saturated heterocycles. The molecule has 0 aliphatic carbocycles. The monoisotopic (exact) mass is 496 g/mol. The quantitative estimate of drug-likeness (QED) is 0.440. The van der Waals surface area contributed by atoms with Gasteiger partial charge in [0.2, 0.25) is 0 Å². The SMILES string of the molecule is CCC(CC)[C@H](Oc1cc(F)cc(Cl)c1)[C@H](C)OC(=O)[C@H](C)NC(=O)c1nccc(OC)c1O. The van der Waals surface area contributed by atoms with Crippen LogP contribution in [0.4, 0.5) is 4.39 Å². The molecule has 0 saturated carbocycles. The number of halogens is 2. The van der Waals surface area contributed by atoms with Gasteiger partial charge in [0.05, 0.1) is 7.11 Å². The Balaban J connectivity index is 2.12. The standard InChI is InChI=1S/C24H30ClFN2O6/c1-6-15(7-2)22(34-18-11-16(25)10-17(26)12-18)14(4)33-24(31)13(3)28-23(30)20-21(29)19(32-5)8-9-27-20/h8-15,22,29H,6-7H2,1-5H3,(H,28,30)/t13-,14-,22+/m0/s1. The van der Waals surface area contributed by atoms with E-state index in [1.165, 1.54) is 44.5 Å². The third kappa shape index (κ3) is 6.96. The minimum Gasteiger partial charge on any atom is -0.503 e. The summed E-state index contributed by atoms with van der Waals surface area (Å²) in [5, 5.41) is 12.7. The lowest BCUT2D eigenvalue weighted by atomic mass is 9.93. The van der Waals surface area contributed by atoms with Gasteiger partial charge in [0, 0.05) is 23.4 Å². The van der Waals surface area contributed by atoms with Crippen LogP contribution in [0.15, 0.2) is 30.5 Å². The number of hydrogen-bond donors (Lipinski definition) is 2. The van der Waals surface area contributed by atoms with E-state index in [2.05, 4.69) is 10.3 Å². The summed E-state index contributed by atoms with van der Waals surface area (Å²) in [5.74, 6) is -2.14. The highest BCUT2D eigenvalue weighted by Gasteiger charge is 2.32. The number of esters is 1. The molecule has 3 atom stereocenters. The van der Waals surface area contributed by atoms with Gasteiger partial charge in [-0.15, -0.1) is 0 Å². The van der Waals surface area contributed by atoms with Crippen LogP contribution in [0.3, 0.4) is 0 Å². The number of pyridine rings is 1. The van der Waals surface area contributed by atoms with Crippen LogP contribution in [-0.2, 0) is 9.53 Å². The molecule has 186 valence electrons. The molecule has 0 unspecified atom stereocenters. The second-order valence-electron chi connectivity index (χ2n) is 7.81. The maximum atomic E-state index is 13.8. The minimum atomic E-state index is -1.05. The van der Waals surface area contributed by atoms with Gasteiger partial charge in [-0.1, -0.05) is 25.4 Å². The van der Waals surface area contributed by atoms with E-state index in [-0.39, 0.29) is 28.1 Å². The maximum Gasteiger partial charge on any atom is 0.328 e. The number of benzene rings is 1. The van der Waals surface area contributed by atoms with Crippen LogP contribution >= 0.6 is 11.6 Å². The molecule has 0 radical (unpaired) electrons. The molecule has 1 amide bonds. The van der Waals surface area contributed by atoms with Gasteiger partial charge in [-0.2, -0.15) is 0 Å². The van der Waals surface area contributed by atoms with Crippen molar-refractivity contribution in [3.8, 4) is 17.2 Å². The topological polar surface area (TPSA) is 107 Å². The number of aromatic nitrogens is 1. The summed E-state index contributed by atoms with van der Waals surface area (Å²) in [6.45, 7) is 7.08. The normalized spacial score (nSPS) is 13.6. The second kappa shape index (κ2) is 12.4. The predicted octanol–water partition coefficient (Wildman–Crippen LogP) is 4.52. The number of hydrogen-bond acceptors (Lipinski definition) is 7. The van der Waals surface area contributed by atoms with Gasteiger partial charge in [-0.25, -0.2) is 14.2 Å². The van der Waals surface area contributed by atoms with Gasteiger partial charge in [-0.05, 0) is 44.7 Å². The molecular formula is C24H30ClFN2O6. The first-order valence-electron chi connectivity index (χ1n) is 11.0. The lowest BCUT2D eigenvalue weighted by Crippen LogP contribution is -2.45. The van der Waals surface area contributed by atoms with Gasteiger partial charge < -0.3 is 24.6 Å². The van der Waals surface area contributed by atoms with E-state index >= 15 is 0 Å². The fourth-order valence-corrected chi connectivity index (χ4v) is 3.74. The molecule has 8 nitrogen and oxygen atoms in total. The number of carbonyl (C=O) groups is 2. The number of carbonyl (C=O) groups excluding carboxylic acids is 2. The molecule has 34 heavy (non-hydrogen) atoms. The highest BCUT2D eigenvalue weighted by atomic mass is 35.5. The molecule has 0 bridgehead atoms. The Labute approximate surface area is 203 Å². The zero-order valence-corrected chi connectivity index (χ0v) is 20.6. The van der Waals surface area contributed by atoms with Crippen LogP contribution in [0.25, 0.3) is 0 Å². The first kappa shape index (κ1) is 27.2. The van der Waals surface area contributed by atoms with E-state index in [4.69, 9.17) is 25.8 Å². The van der Waals surface area contributed by atoms with E-state index in [1.807, 2.05) is 13.8 Å². The summed E-state index contributed by atoms with van der Waals surface area (Å²) in [4.78, 5) is 29.1. The summed E-state index contributed by atoms with van der Waals surface area (Å²) in [6.07, 6.45) is 1.47. The van der Waals surface area contributed by atoms with Crippen molar-refractivity contribution in [2.75, 3.05) is 7.11 Å². The Morgan fingerprint density at radius 3 is 2.47 bits per heavy atom. The van der Waals surface area contributed by atoms with Crippen molar-refractivity contribution >= 4 is 23.5 Å². The molecule has 1 aromatic heterocycles. The smallest absolute Gasteiger partial charge is 0.328 e. The lowest BCUT2D eigenvalue weighted by molar-refractivity contribution is -0.156. The maximum absolute atomic E-state index is 13.8. The summed E-state index contributed by atoms with van der Waals surface area (Å²) in [7, 11) is 1.34. The van der Waals surface area contributed by atoms with E-state index < -0.39 is 41.7 Å². The third-order valence-electron chi connectivity index (χ3n) is 5.41. The van der Waals surface area contributed by atoms with Crippen LogP contribution in [0.2, 0.25) is 5.02 Å². The average molecular weight is 497 g/mol. The number of nitrogens with one attached hydrogen (secondary N) is 1.